The molecule has 142 valence electrons. The minimum absolute atomic E-state index is 0.0589. The molecule has 0 spiro atoms. The van der Waals surface area contributed by atoms with Gasteiger partial charge in [-0.1, -0.05) is 13.8 Å². The van der Waals surface area contributed by atoms with E-state index >= 15 is 0 Å². The maximum atomic E-state index is 11.8. The van der Waals surface area contributed by atoms with E-state index in [0.717, 1.165) is 24.3 Å². The van der Waals surface area contributed by atoms with Crippen molar-refractivity contribution in [2.75, 3.05) is 19.6 Å². The van der Waals surface area contributed by atoms with Crippen LogP contribution in [0.2, 0.25) is 0 Å². The van der Waals surface area contributed by atoms with Crippen LogP contribution < -0.4 is 10.6 Å². The Morgan fingerprint density at radius 3 is 2.36 bits per heavy atom. The highest BCUT2D eigenvalue weighted by atomic mass is 16.2. The first-order chi connectivity index (χ1) is 12.0. The first-order valence-electron chi connectivity index (χ1n) is 9.89. The largest absolute Gasteiger partial charge is 0.357 e. The summed E-state index contributed by atoms with van der Waals surface area (Å²) in [5, 5.41) is 6.80. The Balaban J connectivity index is 1.82. The fourth-order valence-corrected chi connectivity index (χ4v) is 3.75. The van der Waals surface area contributed by atoms with E-state index in [1.807, 2.05) is 6.92 Å². The summed E-state index contributed by atoms with van der Waals surface area (Å²) in [6.45, 7) is 8.31. The number of likely N-dealkylation sites (tertiary alicyclic amines) is 1. The molecule has 2 fully saturated rings. The number of imide groups is 1. The van der Waals surface area contributed by atoms with Crippen molar-refractivity contribution < 1.29 is 9.59 Å². The second kappa shape index (κ2) is 9.78. The standard InChI is InChI=1S/C19H34N4O2/c1-4-20-19(22-16-10-8-15(9-11-16)14(2)3)21-12-13-23-17(24)6-5-7-18(23)25/h14-16H,4-13H2,1-3H3,(H2,20,21,22). The van der Waals surface area contributed by atoms with Crippen LogP contribution in [-0.4, -0.2) is 48.3 Å². The zero-order chi connectivity index (χ0) is 18.2. The Bertz CT molecular complexity index is 466. The Kier molecular flexibility index (Phi) is 7.72. The number of carbonyl (C=O) groups excluding carboxylic acids is 2. The number of aliphatic imine (C=N–C) groups is 1. The molecule has 6 heteroatoms. The lowest BCUT2D eigenvalue weighted by atomic mass is 9.80. The third-order valence-corrected chi connectivity index (χ3v) is 5.38. The first-order valence-corrected chi connectivity index (χ1v) is 9.89. The number of piperidine rings is 1. The number of hydrogen-bond acceptors (Lipinski definition) is 3. The molecule has 1 saturated heterocycles. The van der Waals surface area contributed by atoms with E-state index in [-0.39, 0.29) is 11.8 Å². The Hall–Kier alpha value is -1.59. The van der Waals surface area contributed by atoms with Gasteiger partial charge in [0.25, 0.3) is 0 Å². The van der Waals surface area contributed by atoms with Gasteiger partial charge in [-0.05, 0) is 50.9 Å². The summed E-state index contributed by atoms with van der Waals surface area (Å²) in [7, 11) is 0. The van der Waals surface area contributed by atoms with Gasteiger partial charge in [0.1, 0.15) is 0 Å². The average Bonchev–Trinajstić information content (AvgIpc) is 2.58. The number of guanidine groups is 1. The molecule has 0 bridgehead atoms. The van der Waals surface area contributed by atoms with Crippen molar-refractivity contribution in [2.24, 2.45) is 16.8 Å². The van der Waals surface area contributed by atoms with Gasteiger partial charge in [-0.3, -0.25) is 19.5 Å². The Morgan fingerprint density at radius 1 is 1.16 bits per heavy atom. The fraction of sp³-hybridized carbons (Fsp3) is 0.842. The van der Waals surface area contributed by atoms with E-state index in [2.05, 4.69) is 29.5 Å². The van der Waals surface area contributed by atoms with Crippen molar-refractivity contribution in [3.05, 3.63) is 0 Å². The van der Waals surface area contributed by atoms with Gasteiger partial charge in [0.2, 0.25) is 11.8 Å². The van der Waals surface area contributed by atoms with E-state index in [0.29, 0.717) is 38.4 Å². The van der Waals surface area contributed by atoms with Crippen LogP contribution in [-0.2, 0) is 9.59 Å². The molecule has 0 atom stereocenters. The van der Waals surface area contributed by atoms with Gasteiger partial charge in [0.05, 0.1) is 6.54 Å². The first kappa shape index (κ1) is 19.7. The van der Waals surface area contributed by atoms with Gasteiger partial charge in [0, 0.05) is 32.0 Å². The molecular formula is C19H34N4O2. The molecule has 0 aromatic rings. The number of rotatable bonds is 6. The molecule has 0 unspecified atom stereocenters. The molecule has 25 heavy (non-hydrogen) atoms. The van der Waals surface area contributed by atoms with Gasteiger partial charge < -0.3 is 10.6 Å². The molecule has 1 heterocycles. The summed E-state index contributed by atoms with van der Waals surface area (Å²) in [4.78, 5) is 29.6. The lowest BCUT2D eigenvalue weighted by Crippen LogP contribution is -2.46. The molecule has 1 aliphatic carbocycles. The minimum atomic E-state index is -0.0589. The monoisotopic (exact) mass is 350 g/mol. The van der Waals surface area contributed by atoms with E-state index in [9.17, 15) is 9.59 Å². The van der Waals surface area contributed by atoms with Crippen molar-refractivity contribution in [3.8, 4) is 0 Å². The SMILES string of the molecule is CCNC(=NCCN1C(=O)CCCC1=O)NC1CCC(C(C)C)CC1. The highest BCUT2D eigenvalue weighted by molar-refractivity contribution is 5.97. The highest BCUT2D eigenvalue weighted by Gasteiger charge is 2.26. The fourth-order valence-electron chi connectivity index (χ4n) is 3.75. The summed E-state index contributed by atoms with van der Waals surface area (Å²) >= 11 is 0. The summed E-state index contributed by atoms with van der Waals surface area (Å²) in [5.74, 6) is 2.29. The maximum Gasteiger partial charge on any atom is 0.229 e. The average molecular weight is 351 g/mol. The predicted molar refractivity (Wildman–Crippen MR) is 100 cm³/mol. The van der Waals surface area contributed by atoms with Crippen LogP contribution in [0.1, 0.15) is 65.7 Å². The molecule has 2 amide bonds. The van der Waals surface area contributed by atoms with Gasteiger partial charge in [0.15, 0.2) is 5.96 Å². The van der Waals surface area contributed by atoms with Gasteiger partial charge in [-0.15, -0.1) is 0 Å². The van der Waals surface area contributed by atoms with Crippen molar-refractivity contribution in [3.63, 3.8) is 0 Å². The summed E-state index contributed by atoms with van der Waals surface area (Å²) in [6, 6.07) is 0.464. The number of hydrogen-bond donors (Lipinski definition) is 2. The second-order valence-electron chi connectivity index (χ2n) is 7.55. The molecule has 0 aromatic carbocycles. The quantitative estimate of drug-likeness (QED) is 0.438. The lowest BCUT2D eigenvalue weighted by Gasteiger charge is -2.32. The normalized spacial score (nSPS) is 25.4. The van der Waals surface area contributed by atoms with Crippen LogP contribution in [0.5, 0.6) is 0 Å². The second-order valence-corrected chi connectivity index (χ2v) is 7.55. The van der Waals surface area contributed by atoms with E-state index in [1.54, 1.807) is 0 Å². The lowest BCUT2D eigenvalue weighted by molar-refractivity contribution is -0.147. The summed E-state index contributed by atoms with van der Waals surface area (Å²) in [6.07, 6.45) is 6.53. The van der Waals surface area contributed by atoms with Crippen LogP contribution in [0.3, 0.4) is 0 Å². The van der Waals surface area contributed by atoms with Crippen molar-refractivity contribution in [1.29, 1.82) is 0 Å². The third-order valence-electron chi connectivity index (χ3n) is 5.38. The zero-order valence-corrected chi connectivity index (χ0v) is 16.0. The zero-order valence-electron chi connectivity index (χ0n) is 16.0. The van der Waals surface area contributed by atoms with Crippen LogP contribution in [0.25, 0.3) is 0 Å². The van der Waals surface area contributed by atoms with Crippen LogP contribution in [0, 0.1) is 11.8 Å². The molecule has 2 aliphatic rings. The number of carbonyl (C=O) groups is 2. The maximum absolute atomic E-state index is 11.8. The molecule has 6 nitrogen and oxygen atoms in total. The van der Waals surface area contributed by atoms with Gasteiger partial charge >= 0.3 is 0 Å². The molecule has 2 rings (SSSR count). The molecule has 1 aliphatic heterocycles. The minimum Gasteiger partial charge on any atom is -0.357 e. The molecular weight excluding hydrogens is 316 g/mol. The van der Waals surface area contributed by atoms with Crippen LogP contribution in [0.15, 0.2) is 4.99 Å². The molecule has 0 aromatic heterocycles. The van der Waals surface area contributed by atoms with E-state index in [1.165, 1.54) is 30.6 Å². The molecule has 1 saturated carbocycles. The summed E-state index contributed by atoms with van der Waals surface area (Å²) in [5.41, 5.74) is 0. The number of nitrogens with zero attached hydrogens (tertiary/aromatic N) is 2. The summed E-state index contributed by atoms with van der Waals surface area (Å²) < 4.78 is 0. The van der Waals surface area contributed by atoms with Gasteiger partial charge in [-0.25, -0.2) is 0 Å². The molecule has 2 N–H and O–H groups in total. The van der Waals surface area contributed by atoms with Crippen molar-refractivity contribution >= 4 is 17.8 Å². The van der Waals surface area contributed by atoms with Crippen molar-refractivity contribution in [1.82, 2.24) is 15.5 Å². The van der Waals surface area contributed by atoms with E-state index < -0.39 is 0 Å². The topological polar surface area (TPSA) is 73.8 Å². The highest BCUT2D eigenvalue weighted by Crippen LogP contribution is 2.29. The Morgan fingerprint density at radius 2 is 1.80 bits per heavy atom. The number of amides is 2. The Labute approximate surface area is 151 Å². The van der Waals surface area contributed by atoms with Crippen LogP contribution >= 0.6 is 0 Å². The van der Waals surface area contributed by atoms with Crippen molar-refractivity contribution in [2.45, 2.75) is 71.8 Å². The van der Waals surface area contributed by atoms with Crippen LogP contribution in [0.4, 0.5) is 0 Å². The molecule has 0 radical (unpaired) electrons. The third kappa shape index (κ3) is 6.01. The number of nitrogens with one attached hydrogen (secondary N) is 2. The van der Waals surface area contributed by atoms with Gasteiger partial charge in [-0.2, -0.15) is 0 Å². The van der Waals surface area contributed by atoms with E-state index in [4.69, 9.17) is 0 Å². The smallest absolute Gasteiger partial charge is 0.229 e. The predicted octanol–water partition coefficient (Wildman–Crippen LogP) is 2.30.